The topological polar surface area (TPSA) is 12.0 Å². The molecule has 1 nitrogen and oxygen atoms in total. The smallest absolute Gasteiger partial charge is 0.314 e. The molecule has 1 atom stereocenters. The molecule has 0 aliphatic heterocycles. The maximum absolute atomic E-state index is 12.5. The molecule has 1 rings (SSSR count). The van der Waals surface area contributed by atoms with Crippen molar-refractivity contribution < 1.29 is 13.2 Å². The first kappa shape index (κ1) is 14.8. The van der Waals surface area contributed by atoms with Gasteiger partial charge in [0.05, 0.1) is 5.92 Å². The third kappa shape index (κ3) is 4.49. The maximum Gasteiger partial charge on any atom is 0.391 e. The second-order valence-corrected chi connectivity index (χ2v) is 5.11. The lowest BCUT2D eigenvalue weighted by Gasteiger charge is -2.35. The highest BCUT2D eigenvalue weighted by atomic mass is 19.4. The van der Waals surface area contributed by atoms with Gasteiger partial charge in [-0.05, 0) is 44.6 Å². The van der Waals surface area contributed by atoms with Crippen LogP contribution in [0.5, 0.6) is 0 Å². The van der Waals surface area contributed by atoms with Crippen LogP contribution in [0.3, 0.4) is 0 Å². The molecule has 0 bridgehead atoms. The van der Waals surface area contributed by atoms with Gasteiger partial charge in [-0.15, -0.1) is 0 Å². The summed E-state index contributed by atoms with van der Waals surface area (Å²) in [7, 11) is 0. The molecule has 0 saturated heterocycles. The lowest BCUT2D eigenvalue weighted by molar-refractivity contribution is -0.184. The summed E-state index contributed by atoms with van der Waals surface area (Å²) in [6, 6.07) is 0.416. The third-order valence-electron chi connectivity index (χ3n) is 3.87. The van der Waals surface area contributed by atoms with Crippen molar-refractivity contribution in [1.82, 2.24) is 5.32 Å². The molecule has 1 unspecified atom stereocenters. The lowest BCUT2D eigenvalue weighted by atomic mass is 9.77. The van der Waals surface area contributed by atoms with E-state index < -0.39 is 12.1 Å². The predicted molar refractivity (Wildman–Crippen MR) is 63.9 cm³/mol. The summed E-state index contributed by atoms with van der Waals surface area (Å²) < 4.78 is 37.6. The first-order valence-electron chi connectivity index (χ1n) is 6.79. The Labute approximate surface area is 102 Å². The van der Waals surface area contributed by atoms with Gasteiger partial charge in [0, 0.05) is 6.04 Å². The average Bonchev–Trinajstić information content (AvgIpc) is 2.28. The van der Waals surface area contributed by atoms with Gasteiger partial charge in [0.25, 0.3) is 0 Å². The molecule has 4 heteroatoms. The molecule has 1 aliphatic rings. The molecule has 0 aromatic heterocycles. The Hall–Kier alpha value is -0.250. The lowest BCUT2D eigenvalue weighted by Crippen LogP contribution is -2.39. The highest BCUT2D eigenvalue weighted by Crippen LogP contribution is 2.40. The van der Waals surface area contributed by atoms with Crippen LogP contribution in [0.25, 0.3) is 0 Å². The van der Waals surface area contributed by atoms with Gasteiger partial charge in [0.15, 0.2) is 0 Å². The van der Waals surface area contributed by atoms with Gasteiger partial charge < -0.3 is 5.32 Å². The second-order valence-electron chi connectivity index (χ2n) is 5.11. The number of hydrogen-bond donors (Lipinski definition) is 1. The summed E-state index contributed by atoms with van der Waals surface area (Å²) in [5.74, 6) is -0.615. The zero-order valence-electron chi connectivity index (χ0n) is 10.8. The molecule has 102 valence electrons. The minimum Gasteiger partial charge on any atom is -0.314 e. The zero-order valence-corrected chi connectivity index (χ0v) is 10.8. The van der Waals surface area contributed by atoms with E-state index in [0.29, 0.717) is 24.8 Å². The molecule has 0 aromatic rings. The van der Waals surface area contributed by atoms with Crippen molar-refractivity contribution in [2.24, 2.45) is 11.8 Å². The van der Waals surface area contributed by atoms with E-state index in [1.54, 1.807) is 0 Å². The van der Waals surface area contributed by atoms with Gasteiger partial charge in [0.1, 0.15) is 0 Å². The molecular weight excluding hydrogens is 227 g/mol. The van der Waals surface area contributed by atoms with E-state index in [1.165, 1.54) is 0 Å². The van der Waals surface area contributed by atoms with E-state index >= 15 is 0 Å². The van der Waals surface area contributed by atoms with E-state index in [2.05, 4.69) is 19.2 Å². The molecule has 0 aromatic carbocycles. The number of rotatable bonds is 5. The third-order valence-corrected chi connectivity index (χ3v) is 3.87. The van der Waals surface area contributed by atoms with Crippen molar-refractivity contribution in [2.75, 3.05) is 6.54 Å². The van der Waals surface area contributed by atoms with Gasteiger partial charge in [-0.2, -0.15) is 13.2 Å². The standard InChI is InChI=1S/C13H24F3N/c1-3-5-12(17-4-2)10-6-8-11(9-7-10)13(14,15)16/h10-12,17H,3-9H2,1-2H3. The second kappa shape index (κ2) is 6.62. The largest absolute Gasteiger partial charge is 0.391 e. The quantitative estimate of drug-likeness (QED) is 0.774. The molecule has 1 saturated carbocycles. The molecule has 17 heavy (non-hydrogen) atoms. The Bertz CT molecular complexity index is 201. The zero-order chi connectivity index (χ0) is 12.9. The highest BCUT2D eigenvalue weighted by molar-refractivity contribution is 4.83. The Morgan fingerprint density at radius 1 is 1.12 bits per heavy atom. The van der Waals surface area contributed by atoms with Gasteiger partial charge in [0.2, 0.25) is 0 Å². The fourth-order valence-corrected chi connectivity index (χ4v) is 2.93. The fraction of sp³-hybridized carbons (Fsp3) is 1.00. The minimum absolute atomic E-state index is 0.319. The van der Waals surface area contributed by atoms with Gasteiger partial charge >= 0.3 is 6.18 Å². The van der Waals surface area contributed by atoms with Crippen LogP contribution in [-0.2, 0) is 0 Å². The van der Waals surface area contributed by atoms with E-state index in [1.807, 2.05) is 0 Å². The number of halogens is 3. The first-order chi connectivity index (χ1) is 7.99. The Morgan fingerprint density at radius 3 is 2.12 bits per heavy atom. The van der Waals surface area contributed by atoms with Crippen LogP contribution in [-0.4, -0.2) is 18.8 Å². The molecule has 1 N–H and O–H groups in total. The van der Waals surface area contributed by atoms with E-state index in [4.69, 9.17) is 0 Å². The van der Waals surface area contributed by atoms with Crippen molar-refractivity contribution in [3.8, 4) is 0 Å². The van der Waals surface area contributed by atoms with Crippen LogP contribution in [0, 0.1) is 11.8 Å². The van der Waals surface area contributed by atoms with Crippen molar-refractivity contribution in [3.63, 3.8) is 0 Å². The fourth-order valence-electron chi connectivity index (χ4n) is 2.93. The van der Waals surface area contributed by atoms with Gasteiger partial charge in [-0.25, -0.2) is 0 Å². The summed E-state index contributed by atoms with van der Waals surface area (Å²) in [4.78, 5) is 0. The Morgan fingerprint density at radius 2 is 1.71 bits per heavy atom. The minimum atomic E-state index is -3.98. The Balaban J connectivity index is 2.43. The summed E-state index contributed by atoms with van der Waals surface area (Å²) in [5.41, 5.74) is 0. The van der Waals surface area contributed by atoms with E-state index in [0.717, 1.165) is 32.2 Å². The average molecular weight is 251 g/mol. The summed E-state index contributed by atoms with van der Waals surface area (Å²) in [6.07, 6.45) is 0.276. The number of nitrogens with one attached hydrogen (secondary N) is 1. The van der Waals surface area contributed by atoms with E-state index in [9.17, 15) is 13.2 Å². The Kier molecular flexibility index (Phi) is 5.77. The van der Waals surface area contributed by atoms with Crippen molar-refractivity contribution in [2.45, 2.75) is 64.6 Å². The molecule has 1 aliphatic carbocycles. The van der Waals surface area contributed by atoms with Crippen LogP contribution >= 0.6 is 0 Å². The van der Waals surface area contributed by atoms with Crippen LogP contribution in [0.2, 0.25) is 0 Å². The summed E-state index contributed by atoms with van der Waals surface area (Å²) >= 11 is 0. The summed E-state index contributed by atoms with van der Waals surface area (Å²) in [6.45, 7) is 5.10. The molecule has 0 radical (unpaired) electrons. The molecular formula is C13H24F3N. The van der Waals surface area contributed by atoms with Crippen LogP contribution in [0.1, 0.15) is 52.4 Å². The summed E-state index contributed by atoms with van der Waals surface area (Å²) in [5, 5.41) is 3.43. The van der Waals surface area contributed by atoms with Crippen molar-refractivity contribution in [1.29, 1.82) is 0 Å². The number of alkyl halides is 3. The molecule has 0 amide bonds. The maximum atomic E-state index is 12.5. The van der Waals surface area contributed by atoms with Crippen LogP contribution in [0.4, 0.5) is 13.2 Å². The molecule has 0 spiro atoms. The van der Waals surface area contributed by atoms with Crippen molar-refractivity contribution >= 4 is 0 Å². The van der Waals surface area contributed by atoms with Crippen LogP contribution < -0.4 is 5.32 Å². The predicted octanol–water partition coefficient (Wildman–Crippen LogP) is 4.13. The van der Waals surface area contributed by atoms with Crippen LogP contribution in [0.15, 0.2) is 0 Å². The van der Waals surface area contributed by atoms with Crippen molar-refractivity contribution in [3.05, 3.63) is 0 Å². The van der Waals surface area contributed by atoms with E-state index in [-0.39, 0.29) is 0 Å². The normalized spacial score (nSPS) is 28.1. The SMILES string of the molecule is CCCC(NCC)C1CCC(C(F)(F)F)CC1. The molecule has 0 heterocycles. The monoisotopic (exact) mass is 251 g/mol. The number of hydrogen-bond acceptors (Lipinski definition) is 1. The molecule has 1 fully saturated rings. The van der Waals surface area contributed by atoms with Gasteiger partial charge in [-0.3, -0.25) is 0 Å². The van der Waals surface area contributed by atoms with Gasteiger partial charge in [-0.1, -0.05) is 20.3 Å². The highest BCUT2D eigenvalue weighted by Gasteiger charge is 2.42. The first-order valence-corrected chi connectivity index (χ1v) is 6.79.